The highest BCUT2D eigenvalue weighted by atomic mass is 19.4. The molecule has 0 unspecified atom stereocenters. The van der Waals surface area contributed by atoms with Crippen LogP contribution in [-0.4, -0.2) is 19.6 Å². The van der Waals surface area contributed by atoms with Crippen LogP contribution in [0, 0.1) is 34.6 Å². The smallest absolute Gasteiger partial charge is 0.262 e. The third kappa shape index (κ3) is 11.3. The van der Waals surface area contributed by atoms with Crippen LogP contribution < -0.4 is 0 Å². The summed E-state index contributed by atoms with van der Waals surface area (Å²) in [6, 6.07) is 7.54. The van der Waals surface area contributed by atoms with Crippen molar-refractivity contribution in [1.29, 1.82) is 0 Å². The Morgan fingerprint density at radius 2 is 0.804 bits per heavy atom. The molecule has 286 valence electrons. The number of halogens is 12. The average molecular weight is 747 g/mol. The Morgan fingerprint density at radius 1 is 0.471 bits per heavy atom. The van der Waals surface area contributed by atoms with Crippen LogP contribution in [0.3, 0.4) is 0 Å². The van der Waals surface area contributed by atoms with Gasteiger partial charge in [-0.15, -0.1) is 0 Å². The molecule has 0 aliphatic carbocycles. The van der Waals surface area contributed by atoms with Gasteiger partial charge in [0.25, 0.3) is 0 Å². The van der Waals surface area contributed by atoms with Crippen LogP contribution in [0.15, 0.2) is 30.3 Å². The molecule has 16 heteroatoms. The van der Waals surface area contributed by atoms with Gasteiger partial charge in [0.05, 0.1) is 0 Å². The van der Waals surface area contributed by atoms with Crippen molar-refractivity contribution in [2.24, 2.45) is 14.1 Å². The molecule has 0 N–H and O–H groups in total. The van der Waals surface area contributed by atoms with Crippen molar-refractivity contribution in [3.8, 4) is 22.5 Å². The Labute approximate surface area is 289 Å². The van der Waals surface area contributed by atoms with E-state index in [4.69, 9.17) is 0 Å². The summed E-state index contributed by atoms with van der Waals surface area (Å²) in [7, 11) is 1.71. The van der Waals surface area contributed by atoms with Crippen LogP contribution in [0.2, 0.25) is 0 Å². The third-order valence-electron chi connectivity index (χ3n) is 6.93. The zero-order valence-corrected chi connectivity index (χ0v) is 30.1. The predicted molar refractivity (Wildman–Crippen MR) is 173 cm³/mol. The molecule has 4 nitrogen and oxygen atoms in total. The van der Waals surface area contributed by atoms with Crippen molar-refractivity contribution in [2.75, 3.05) is 0 Å². The third-order valence-corrected chi connectivity index (χ3v) is 6.93. The second-order valence-electron chi connectivity index (χ2n) is 11.9. The lowest BCUT2D eigenvalue weighted by molar-refractivity contribution is -0.165. The number of rotatable bonds is 2. The van der Waals surface area contributed by atoms with Gasteiger partial charge in [-0.25, -0.2) is 0 Å². The Balaban J connectivity index is 0.000000442. The van der Waals surface area contributed by atoms with E-state index in [0.717, 1.165) is 25.2 Å². The molecule has 0 spiro atoms. The van der Waals surface area contributed by atoms with Crippen molar-refractivity contribution >= 4 is 0 Å². The fourth-order valence-corrected chi connectivity index (χ4v) is 4.91. The summed E-state index contributed by atoms with van der Waals surface area (Å²) in [5.41, 5.74) is -5.25. The zero-order valence-electron chi connectivity index (χ0n) is 30.1. The SMILES string of the molecule is CCC.CCC.Cc1cc(C)c(-c2nn(C)c(C(F)(F)F)c2C(F)(F)F)cc1C.Cc1ccc(-c2nn(C)c(C(F)(F)F)c2C(F)(F)F)c(C)c1. The average Bonchev–Trinajstić information content (AvgIpc) is 3.49. The number of aromatic nitrogens is 4. The van der Waals surface area contributed by atoms with Crippen molar-refractivity contribution in [2.45, 2.75) is 99.9 Å². The number of alkyl halides is 12. The molecule has 0 aliphatic heterocycles. The van der Waals surface area contributed by atoms with Gasteiger partial charge in [0.2, 0.25) is 0 Å². The van der Waals surface area contributed by atoms with Crippen LogP contribution in [0.4, 0.5) is 52.7 Å². The first-order chi connectivity index (χ1) is 23.1. The first-order valence-electron chi connectivity index (χ1n) is 15.7. The molecule has 0 bridgehead atoms. The summed E-state index contributed by atoms with van der Waals surface area (Å²) in [6.45, 7) is 16.8. The van der Waals surface area contributed by atoms with Crippen LogP contribution >= 0.6 is 0 Å². The lowest BCUT2D eigenvalue weighted by Gasteiger charge is -2.14. The highest BCUT2D eigenvalue weighted by Gasteiger charge is 2.50. The Hall–Kier alpha value is -3.98. The van der Waals surface area contributed by atoms with Crippen LogP contribution in [0.5, 0.6) is 0 Å². The Morgan fingerprint density at radius 3 is 1.14 bits per heavy atom. The van der Waals surface area contributed by atoms with Gasteiger partial charge in [-0.1, -0.05) is 70.4 Å². The minimum Gasteiger partial charge on any atom is -0.262 e. The van der Waals surface area contributed by atoms with Crippen molar-refractivity contribution in [3.63, 3.8) is 0 Å². The largest absolute Gasteiger partial charge is 0.433 e. The van der Waals surface area contributed by atoms with Crippen LogP contribution in [0.1, 0.15) is 90.9 Å². The summed E-state index contributed by atoms with van der Waals surface area (Å²) >= 11 is 0. The molecule has 51 heavy (non-hydrogen) atoms. The predicted octanol–water partition coefficient (Wildman–Crippen LogP) is 12.6. The molecule has 0 amide bonds. The highest BCUT2D eigenvalue weighted by molar-refractivity contribution is 5.71. The molecule has 0 saturated heterocycles. The standard InChI is InChI=1S/C15H14F6N2.C14H12F6N2.2C3H8/c1-7-5-9(3)10(6-8(7)2)12-11(14(16,17)18)13(15(19,20)21)23(4)22-12;1-7-4-5-9(8(2)6-7)11-10(13(15,16)17)12(14(18,19)20)22(3)21-11;2*1-3-2/h5-6H,1-4H3;4-6H,1-3H3;2*3H2,1-2H3. The molecule has 2 aromatic carbocycles. The van der Waals surface area contributed by atoms with E-state index in [1.165, 1.54) is 38.0 Å². The number of hydrogen-bond donors (Lipinski definition) is 0. The second-order valence-corrected chi connectivity index (χ2v) is 11.9. The number of benzene rings is 2. The van der Waals surface area contributed by atoms with Gasteiger partial charge in [-0.3, -0.25) is 9.36 Å². The summed E-state index contributed by atoms with van der Waals surface area (Å²) < 4.78 is 158. The van der Waals surface area contributed by atoms with Gasteiger partial charge in [0.15, 0.2) is 11.4 Å². The van der Waals surface area contributed by atoms with Crippen molar-refractivity contribution in [1.82, 2.24) is 19.6 Å². The van der Waals surface area contributed by atoms with Crippen LogP contribution in [-0.2, 0) is 38.8 Å². The fourth-order valence-electron chi connectivity index (χ4n) is 4.91. The van der Waals surface area contributed by atoms with E-state index in [0.29, 0.717) is 16.7 Å². The van der Waals surface area contributed by atoms with Crippen molar-refractivity contribution in [3.05, 3.63) is 80.7 Å². The molecule has 0 atom stereocenters. The van der Waals surface area contributed by atoms with E-state index < -0.39 is 58.6 Å². The van der Waals surface area contributed by atoms with Gasteiger partial charge in [0.1, 0.15) is 22.5 Å². The summed E-state index contributed by atoms with van der Waals surface area (Å²) in [6.07, 6.45) is -18.1. The van der Waals surface area contributed by atoms with E-state index >= 15 is 0 Å². The first kappa shape index (κ1) is 45.0. The molecule has 2 heterocycles. The lowest BCUT2D eigenvalue weighted by atomic mass is 9.96. The van der Waals surface area contributed by atoms with Gasteiger partial charge in [0, 0.05) is 25.2 Å². The quantitative estimate of drug-likeness (QED) is 0.192. The Bertz CT molecular complexity index is 1750. The van der Waals surface area contributed by atoms with Gasteiger partial charge >= 0.3 is 24.7 Å². The van der Waals surface area contributed by atoms with Gasteiger partial charge in [-0.05, 0) is 62.9 Å². The molecule has 4 aromatic rings. The Kier molecular flexibility index (Phi) is 15.0. The van der Waals surface area contributed by atoms with E-state index in [-0.39, 0.29) is 20.5 Å². The molecular weight excluding hydrogens is 704 g/mol. The monoisotopic (exact) mass is 746 g/mol. The number of nitrogens with zero attached hydrogens (tertiary/aromatic N) is 4. The van der Waals surface area contributed by atoms with Crippen molar-refractivity contribution < 1.29 is 52.7 Å². The highest BCUT2D eigenvalue weighted by Crippen LogP contribution is 2.47. The molecule has 0 aliphatic rings. The maximum Gasteiger partial charge on any atom is 0.433 e. The molecule has 0 fully saturated rings. The number of hydrogen-bond acceptors (Lipinski definition) is 2. The minimum atomic E-state index is -5.17. The molecular formula is C35H42F12N4. The van der Waals surface area contributed by atoms with Gasteiger partial charge < -0.3 is 0 Å². The normalized spacial score (nSPS) is 12.0. The summed E-state index contributed by atoms with van der Waals surface area (Å²) in [4.78, 5) is 0. The maximum atomic E-state index is 13.3. The zero-order chi connectivity index (χ0) is 40.0. The van der Waals surface area contributed by atoms with Crippen LogP contribution in [0.25, 0.3) is 22.5 Å². The van der Waals surface area contributed by atoms with E-state index in [1.54, 1.807) is 39.8 Å². The number of aryl methyl sites for hydroxylation is 7. The van der Waals surface area contributed by atoms with E-state index in [9.17, 15) is 52.7 Å². The lowest BCUT2D eigenvalue weighted by Crippen LogP contribution is -2.19. The molecule has 2 aromatic heterocycles. The molecule has 0 radical (unpaired) electrons. The second kappa shape index (κ2) is 17.0. The minimum absolute atomic E-state index is 0.0315. The summed E-state index contributed by atoms with van der Waals surface area (Å²) in [5, 5.41) is 7.00. The fraction of sp³-hybridized carbons (Fsp3) is 0.486. The molecule has 0 saturated carbocycles. The topological polar surface area (TPSA) is 35.6 Å². The maximum absolute atomic E-state index is 13.3. The summed E-state index contributed by atoms with van der Waals surface area (Å²) in [5.74, 6) is 0. The first-order valence-corrected chi connectivity index (χ1v) is 15.7. The van der Waals surface area contributed by atoms with E-state index in [1.807, 2.05) is 0 Å². The van der Waals surface area contributed by atoms with Gasteiger partial charge in [-0.2, -0.15) is 62.9 Å². The molecule has 4 rings (SSSR count). The van der Waals surface area contributed by atoms with E-state index in [2.05, 4.69) is 37.9 Å².